The summed E-state index contributed by atoms with van der Waals surface area (Å²) in [6.45, 7) is -0.481. The molecule has 0 atom stereocenters. The van der Waals surface area contributed by atoms with Gasteiger partial charge in [-0.05, 0) is 54.6 Å². The maximum Gasteiger partial charge on any atom is 0.338 e. The summed E-state index contributed by atoms with van der Waals surface area (Å²) in [4.78, 5) is 24.4. The van der Waals surface area contributed by atoms with Crippen LogP contribution in [0.2, 0.25) is 10.0 Å². The molecule has 3 aromatic carbocycles. The van der Waals surface area contributed by atoms with Gasteiger partial charge in [0.05, 0.1) is 16.1 Å². The number of carbonyl (C=O) groups is 2. The third-order valence-electron chi connectivity index (χ3n) is 4.14. The Morgan fingerprint density at radius 1 is 0.935 bits per heavy atom. The highest BCUT2D eigenvalue weighted by atomic mass is 35.5. The van der Waals surface area contributed by atoms with Crippen LogP contribution in [0, 0.1) is 22.7 Å². The van der Waals surface area contributed by atoms with Crippen molar-refractivity contribution in [1.82, 2.24) is 0 Å². The van der Waals surface area contributed by atoms with Gasteiger partial charge in [-0.15, -0.1) is 0 Å². The molecule has 3 rings (SSSR count). The molecule has 0 spiro atoms. The predicted octanol–water partition coefficient (Wildman–Crippen LogP) is 5.57. The quantitative estimate of drug-likeness (QED) is 0.359. The summed E-state index contributed by atoms with van der Waals surface area (Å²) >= 11 is 11.8. The number of rotatable bonds is 6. The highest BCUT2D eigenvalue weighted by Crippen LogP contribution is 2.27. The van der Waals surface area contributed by atoms with Crippen LogP contribution in [0.1, 0.15) is 31.8 Å². The molecule has 0 aliphatic heterocycles. The van der Waals surface area contributed by atoms with Crippen LogP contribution in [0.5, 0.6) is 11.5 Å². The average molecular weight is 451 g/mol. The average Bonchev–Trinajstić information content (AvgIpc) is 2.77. The Kier molecular flexibility index (Phi) is 6.89. The second-order valence-electron chi connectivity index (χ2n) is 6.15. The Labute approximate surface area is 187 Å². The van der Waals surface area contributed by atoms with E-state index in [1.807, 2.05) is 12.1 Å². The number of Topliss-reactive ketones (excluding diaryl/α,β-unsaturated/α-hetero) is 1. The molecular formula is C23H12Cl2N2O4. The van der Waals surface area contributed by atoms with Crippen molar-refractivity contribution in [2.24, 2.45) is 0 Å². The smallest absolute Gasteiger partial charge is 0.338 e. The van der Waals surface area contributed by atoms with E-state index >= 15 is 0 Å². The monoisotopic (exact) mass is 450 g/mol. The van der Waals surface area contributed by atoms with Crippen molar-refractivity contribution in [2.45, 2.75) is 0 Å². The molecule has 0 fully saturated rings. The molecule has 31 heavy (non-hydrogen) atoms. The van der Waals surface area contributed by atoms with E-state index in [2.05, 4.69) is 0 Å². The topological polar surface area (TPSA) is 100 Å². The number of hydrogen-bond donors (Lipinski definition) is 0. The highest BCUT2D eigenvalue weighted by molar-refractivity contribution is 6.36. The van der Waals surface area contributed by atoms with Gasteiger partial charge in [-0.3, -0.25) is 4.79 Å². The first-order valence-electron chi connectivity index (χ1n) is 8.79. The van der Waals surface area contributed by atoms with E-state index in [9.17, 15) is 14.9 Å². The third kappa shape index (κ3) is 5.21. The van der Waals surface area contributed by atoms with Crippen LogP contribution in [0.4, 0.5) is 0 Å². The van der Waals surface area contributed by atoms with Gasteiger partial charge >= 0.3 is 5.97 Å². The zero-order valence-electron chi connectivity index (χ0n) is 15.8. The molecule has 0 radical (unpaired) electrons. The number of hydrogen-bond acceptors (Lipinski definition) is 6. The summed E-state index contributed by atoms with van der Waals surface area (Å²) in [6, 6.07) is 18.9. The van der Waals surface area contributed by atoms with Crippen LogP contribution in [-0.2, 0) is 4.74 Å². The molecule has 0 saturated heterocycles. The van der Waals surface area contributed by atoms with E-state index in [-0.39, 0.29) is 33.0 Å². The minimum absolute atomic E-state index is 0.118. The fourth-order valence-electron chi connectivity index (χ4n) is 2.62. The fraction of sp³-hybridized carbons (Fsp3) is 0.0435. The normalized spacial score (nSPS) is 9.94. The molecule has 6 nitrogen and oxygen atoms in total. The van der Waals surface area contributed by atoms with Gasteiger partial charge in [0, 0.05) is 10.6 Å². The molecule has 0 N–H and O–H groups in total. The lowest BCUT2D eigenvalue weighted by atomic mass is 10.1. The summed E-state index contributed by atoms with van der Waals surface area (Å²) in [5, 5.41) is 18.9. The number of benzene rings is 3. The molecule has 0 bridgehead atoms. The zero-order chi connectivity index (χ0) is 22.4. The van der Waals surface area contributed by atoms with E-state index in [0.717, 1.165) is 0 Å². The molecule has 0 saturated carbocycles. The van der Waals surface area contributed by atoms with Crippen molar-refractivity contribution in [3.8, 4) is 23.6 Å². The molecule has 0 amide bonds. The zero-order valence-corrected chi connectivity index (χ0v) is 17.3. The standard InChI is InChI=1S/C23H12Cl2N2O4/c24-16-6-9-18(20(25)10-16)21(28)13-30-23(29)14-4-7-17(8-5-14)31-22-3-1-2-15(11-26)19(22)12-27/h1-10H,13H2. The first kappa shape index (κ1) is 21.9. The van der Waals surface area contributed by atoms with Crippen molar-refractivity contribution in [2.75, 3.05) is 6.61 Å². The Balaban J connectivity index is 1.65. The van der Waals surface area contributed by atoms with Crippen LogP contribution < -0.4 is 4.74 Å². The number of carbonyl (C=O) groups excluding carboxylic acids is 2. The maximum absolute atomic E-state index is 12.2. The summed E-state index contributed by atoms with van der Waals surface area (Å²) in [6.07, 6.45) is 0. The molecule has 0 unspecified atom stereocenters. The van der Waals surface area contributed by atoms with Crippen molar-refractivity contribution in [3.63, 3.8) is 0 Å². The number of ketones is 1. The minimum atomic E-state index is -0.700. The second kappa shape index (κ2) is 9.77. The highest BCUT2D eigenvalue weighted by Gasteiger charge is 2.15. The molecule has 0 aliphatic carbocycles. The van der Waals surface area contributed by atoms with Gasteiger partial charge in [0.2, 0.25) is 5.78 Å². The second-order valence-corrected chi connectivity index (χ2v) is 7.00. The first-order valence-corrected chi connectivity index (χ1v) is 9.55. The van der Waals surface area contributed by atoms with E-state index < -0.39 is 18.4 Å². The fourth-order valence-corrected chi connectivity index (χ4v) is 3.13. The summed E-state index contributed by atoms with van der Waals surface area (Å²) in [5.74, 6) is -0.583. The Morgan fingerprint density at radius 3 is 2.32 bits per heavy atom. The van der Waals surface area contributed by atoms with Crippen LogP contribution in [0.25, 0.3) is 0 Å². The van der Waals surface area contributed by atoms with Gasteiger partial charge in [0.15, 0.2) is 6.61 Å². The molecule has 152 valence electrons. The number of ether oxygens (including phenoxy) is 2. The number of esters is 1. The van der Waals surface area contributed by atoms with Gasteiger partial charge in [0.25, 0.3) is 0 Å². The number of nitriles is 2. The van der Waals surface area contributed by atoms with Crippen LogP contribution in [0.15, 0.2) is 60.7 Å². The molecule has 0 aromatic heterocycles. The summed E-state index contributed by atoms with van der Waals surface area (Å²) < 4.78 is 10.7. The number of halogens is 2. The van der Waals surface area contributed by atoms with Crippen LogP contribution >= 0.6 is 23.2 Å². The van der Waals surface area contributed by atoms with Crippen molar-refractivity contribution < 1.29 is 19.1 Å². The lowest BCUT2D eigenvalue weighted by Crippen LogP contribution is -2.14. The molecular weight excluding hydrogens is 439 g/mol. The Bertz CT molecular complexity index is 1240. The van der Waals surface area contributed by atoms with Crippen molar-refractivity contribution in [1.29, 1.82) is 10.5 Å². The van der Waals surface area contributed by atoms with E-state index in [1.165, 1.54) is 48.5 Å². The van der Waals surface area contributed by atoms with Crippen LogP contribution in [0.3, 0.4) is 0 Å². The lowest BCUT2D eigenvalue weighted by molar-refractivity contribution is 0.0475. The van der Waals surface area contributed by atoms with Crippen molar-refractivity contribution >= 4 is 35.0 Å². The van der Waals surface area contributed by atoms with Gasteiger partial charge in [0.1, 0.15) is 29.2 Å². The largest absolute Gasteiger partial charge is 0.456 e. The Hall–Kier alpha value is -3.84. The van der Waals surface area contributed by atoms with E-state index in [1.54, 1.807) is 12.1 Å². The minimum Gasteiger partial charge on any atom is -0.456 e. The van der Waals surface area contributed by atoms with Gasteiger partial charge in [-0.1, -0.05) is 29.3 Å². The van der Waals surface area contributed by atoms with Gasteiger partial charge in [-0.25, -0.2) is 4.79 Å². The van der Waals surface area contributed by atoms with Gasteiger partial charge < -0.3 is 9.47 Å². The van der Waals surface area contributed by atoms with Gasteiger partial charge in [-0.2, -0.15) is 10.5 Å². The van der Waals surface area contributed by atoms with Crippen LogP contribution in [-0.4, -0.2) is 18.4 Å². The molecule has 8 heteroatoms. The third-order valence-corrected chi connectivity index (χ3v) is 4.69. The SMILES string of the molecule is N#Cc1cccc(Oc2ccc(C(=O)OCC(=O)c3ccc(Cl)cc3Cl)cc2)c1C#N. The lowest BCUT2D eigenvalue weighted by Gasteiger charge is -2.09. The first-order chi connectivity index (χ1) is 14.9. The molecule has 0 heterocycles. The summed E-state index contributed by atoms with van der Waals surface area (Å²) in [5.41, 5.74) is 0.725. The molecule has 3 aromatic rings. The predicted molar refractivity (Wildman–Crippen MR) is 113 cm³/mol. The summed E-state index contributed by atoms with van der Waals surface area (Å²) in [7, 11) is 0. The van der Waals surface area contributed by atoms with Crippen molar-refractivity contribution in [3.05, 3.63) is 93.0 Å². The molecule has 0 aliphatic rings. The van der Waals surface area contributed by atoms with E-state index in [4.69, 9.17) is 37.9 Å². The number of nitrogens with zero attached hydrogens (tertiary/aromatic N) is 2. The maximum atomic E-state index is 12.2. The van der Waals surface area contributed by atoms with E-state index in [0.29, 0.717) is 10.8 Å². The Morgan fingerprint density at radius 2 is 1.68 bits per heavy atom.